The lowest BCUT2D eigenvalue weighted by atomic mass is 10.0. The number of hydrogen-bond donors (Lipinski definition) is 0. The fourth-order valence-electron chi connectivity index (χ4n) is 1.88. The van der Waals surface area contributed by atoms with Gasteiger partial charge in [0.05, 0.1) is 0 Å². The van der Waals surface area contributed by atoms with E-state index in [1.165, 1.54) is 6.92 Å². The lowest BCUT2D eigenvalue weighted by Gasteiger charge is -2.07. The van der Waals surface area contributed by atoms with Crippen molar-refractivity contribution in [1.82, 2.24) is 0 Å². The van der Waals surface area contributed by atoms with Crippen molar-refractivity contribution in [1.29, 1.82) is 0 Å². The Balaban J connectivity index is 2.30. The molecule has 0 amide bonds. The van der Waals surface area contributed by atoms with E-state index in [1.54, 1.807) is 30.3 Å². The first-order valence-corrected chi connectivity index (χ1v) is 6.65. The van der Waals surface area contributed by atoms with E-state index >= 15 is 0 Å². The van der Waals surface area contributed by atoms with Gasteiger partial charge in [-0.15, -0.1) is 0 Å². The Morgan fingerprint density at radius 1 is 0.952 bits per heavy atom. The highest BCUT2D eigenvalue weighted by molar-refractivity contribution is 6.11. The molecule has 0 heterocycles. The molecule has 2 aromatic carbocycles. The molecule has 0 saturated heterocycles. The third kappa shape index (κ3) is 4.42. The minimum atomic E-state index is -0.408. The molecule has 0 atom stereocenters. The van der Waals surface area contributed by atoms with Gasteiger partial charge in [0.25, 0.3) is 0 Å². The summed E-state index contributed by atoms with van der Waals surface area (Å²) < 4.78 is 4.99. The number of carbonyl (C=O) groups excluding carboxylic acids is 2. The zero-order valence-corrected chi connectivity index (χ0v) is 11.8. The largest absolute Gasteiger partial charge is 0.461 e. The summed E-state index contributed by atoms with van der Waals surface area (Å²) in [5.41, 5.74) is 1.92. The van der Waals surface area contributed by atoms with Crippen LogP contribution in [-0.2, 0) is 9.53 Å². The van der Waals surface area contributed by atoms with Crippen LogP contribution in [0.2, 0.25) is 0 Å². The van der Waals surface area contributed by atoms with Crippen molar-refractivity contribution in [2.75, 3.05) is 6.61 Å². The van der Waals surface area contributed by atoms with Gasteiger partial charge >= 0.3 is 5.97 Å². The molecule has 106 valence electrons. The molecule has 0 spiro atoms. The maximum atomic E-state index is 12.5. The number of Topliss-reactive ketones (excluding diaryl/α,β-unsaturated/α-hetero) is 1. The van der Waals surface area contributed by atoms with Crippen LogP contribution in [0.4, 0.5) is 0 Å². The zero-order valence-electron chi connectivity index (χ0n) is 11.8. The van der Waals surface area contributed by atoms with Crippen LogP contribution in [0.1, 0.15) is 22.8 Å². The maximum Gasteiger partial charge on any atom is 0.302 e. The molecule has 21 heavy (non-hydrogen) atoms. The van der Waals surface area contributed by atoms with E-state index in [2.05, 4.69) is 0 Å². The summed E-state index contributed by atoms with van der Waals surface area (Å²) in [4.78, 5) is 23.5. The smallest absolute Gasteiger partial charge is 0.302 e. The van der Waals surface area contributed by atoms with Crippen LogP contribution >= 0.6 is 0 Å². The van der Waals surface area contributed by atoms with Gasteiger partial charge in [-0.25, -0.2) is 0 Å². The van der Waals surface area contributed by atoms with Gasteiger partial charge in [0, 0.05) is 18.1 Å². The Kier molecular flexibility index (Phi) is 5.04. The highest BCUT2D eigenvalue weighted by Crippen LogP contribution is 2.13. The normalized spacial score (nSPS) is 11.0. The van der Waals surface area contributed by atoms with E-state index in [4.69, 9.17) is 4.74 Å². The summed E-state index contributed by atoms with van der Waals surface area (Å²) in [5, 5.41) is 0. The monoisotopic (exact) mass is 280 g/mol. The fourth-order valence-corrected chi connectivity index (χ4v) is 1.88. The Morgan fingerprint density at radius 2 is 1.52 bits per heavy atom. The molecular formula is C18H16O3. The zero-order chi connectivity index (χ0) is 15.1. The molecule has 3 heteroatoms. The number of esters is 1. The van der Waals surface area contributed by atoms with Gasteiger partial charge in [0.2, 0.25) is 0 Å². The first-order chi connectivity index (χ1) is 10.2. The number of rotatable bonds is 5. The Morgan fingerprint density at radius 3 is 2.10 bits per heavy atom. The Bertz CT molecular complexity index is 643. The van der Waals surface area contributed by atoms with E-state index in [9.17, 15) is 9.59 Å². The summed E-state index contributed by atoms with van der Waals surface area (Å²) in [5.74, 6) is -0.546. The second kappa shape index (κ2) is 7.20. The average Bonchev–Trinajstić information content (AvgIpc) is 2.52. The minimum Gasteiger partial charge on any atom is -0.461 e. The summed E-state index contributed by atoms with van der Waals surface area (Å²) in [6.07, 6.45) is 1.75. The SMILES string of the molecule is CC(=O)OC/C(=C\c1ccccc1)C(=O)c1ccccc1. The van der Waals surface area contributed by atoms with Crippen molar-refractivity contribution < 1.29 is 14.3 Å². The maximum absolute atomic E-state index is 12.5. The standard InChI is InChI=1S/C18H16O3/c1-14(19)21-13-17(12-15-8-4-2-5-9-15)18(20)16-10-6-3-7-11-16/h2-12H,13H2,1H3/b17-12+. The van der Waals surface area contributed by atoms with Crippen LogP contribution in [-0.4, -0.2) is 18.4 Å². The molecule has 0 aliphatic carbocycles. The number of ether oxygens (including phenoxy) is 1. The summed E-state index contributed by atoms with van der Waals surface area (Å²) in [6.45, 7) is 1.30. The van der Waals surface area contributed by atoms with Crippen molar-refractivity contribution in [3.8, 4) is 0 Å². The van der Waals surface area contributed by atoms with E-state index in [-0.39, 0.29) is 12.4 Å². The molecule has 0 bridgehead atoms. The van der Waals surface area contributed by atoms with Gasteiger partial charge in [-0.1, -0.05) is 60.7 Å². The van der Waals surface area contributed by atoms with Crippen LogP contribution in [0.3, 0.4) is 0 Å². The first-order valence-electron chi connectivity index (χ1n) is 6.65. The first kappa shape index (κ1) is 14.7. The van der Waals surface area contributed by atoms with Crippen LogP contribution < -0.4 is 0 Å². The van der Waals surface area contributed by atoms with Gasteiger partial charge in [-0.3, -0.25) is 9.59 Å². The van der Waals surface area contributed by atoms with E-state index < -0.39 is 5.97 Å². The van der Waals surface area contributed by atoms with Crippen LogP contribution in [0.5, 0.6) is 0 Å². The number of ketones is 1. The Hall–Kier alpha value is -2.68. The van der Waals surface area contributed by atoms with E-state index in [0.717, 1.165) is 5.56 Å². The van der Waals surface area contributed by atoms with Gasteiger partial charge in [0.1, 0.15) is 6.61 Å². The molecule has 2 aromatic rings. The molecule has 0 unspecified atom stereocenters. The third-order valence-electron chi connectivity index (χ3n) is 2.90. The second-order valence-corrected chi connectivity index (χ2v) is 4.56. The molecule has 0 N–H and O–H groups in total. The number of hydrogen-bond acceptors (Lipinski definition) is 3. The van der Waals surface area contributed by atoms with Crippen molar-refractivity contribution >= 4 is 17.8 Å². The molecule has 0 saturated carbocycles. The summed E-state index contributed by atoms with van der Waals surface area (Å²) >= 11 is 0. The molecule has 0 aliphatic rings. The highest BCUT2D eigenvalue weighted by atomic mass is 16.5. The number of carbonyl (C=O) groups is 2. The van der Waals surface area contributed by atoms with Crippen LogP contribution in [0.15, 0.2) is 66.2 Å². The molecule has 0 aliphatic heterocycles. The highest BCUT2D eigenvalue weighted by Gasteiger charge is 2.13. The predicted octanol–water partition coefficient (Wildman–Crippen LogP) is 3.52. The molecule has 0 radical (unpaired) electrons. The van der Waals surface area contributed by atoms with Crippen molar-refractivity contribution in [3.63, 3.8) is 0 Å². The van der Waals surface area contributed by atoms with E-state index in [1.807, 2.05) is 36.4 Å². The third-order valence-corrected chi connectivity index (χ3v) is 2.90. The van der Waals surface area contributed by atoms with Crippen molar-refractivity contribution in [2.24, 2.45) is 0 Å². The summed E-state index contributed by atoms with van der Waals surface area (Å²) in [7, 11) is 0. The molecule has 3 nitrogen and oxygen atoms in total. The Labute approximate surface area is 123 Å². The van der Waals surface area contributed by atoms with Gasteiger partial charge in [0.15, 0.2) is 5.78 Å². The number of benzene rings is 2. The topological polar surface area (TPSA) is 43.4 Å². The van der Waals surface area contributed by atoms with Gasteiger partial charge in [-0.05, 0) is 11.6 Å². The molecule has 2 rings (SSSR count). The minimum absolute atomic E-state index is 0.0298. The van der Waals surface area contributed by atoms with Gasteiger partial charge < -0.3 is 4.74 Å². The van der Waals surface area contributed by atoms with Crippen LogP contribution in [0.25, 0.3) is 6.08 Å². The summed E-state index contributed by atoms with van der Waals surface area (Å²) in [6, 6.07) is 18.4. The molecule has 0 aromatic heterocycles. The quantitative estimate of drug-likeness (QED) is 0.478. The fraction of sp³-hybridized carbons (Fsp3) is 0.111. The second-order valence-electron chi connectivity index (χ2n) is 4.56. The lowest BCUT2D eigenvalue weighted by Crippen LogP contribution is -2.11. The molecular weight excluding hydrogens is 264 g/mol. The van der Waals surface area contributed by atoms with Crippen LogP contribution in [0, 0.1) is 0 Å². The van der Waals surface area contributed by atoms with Crippen molar-refractivity contribution in [3.05, 3.63) is 77.4 Å². The van der Waals surface area contributed by atoms with Gasteiger partial charge in [-0.2, -0.15) is 0 Å². The van der Waals surface area contributed by atoms with E-state index in [0.29, 0.717) is 11.1 Å². The predicted molar refractivity (Wildman–Crippen MR) is 81.8 cm³/mol. The average molecular weight is 280 g/mol. The van der Waals surface area contributed by atoms with Crippen molar-refractivity contribution in [2.45, 2.75) is 6.92 Å². The molecule has 0 fully saturated rings. The lowest BCUT2D eigenvalue weighted by molar-refractivity contribution is -0.139.